The van der Waals surface area contributed by atoms with E-state index in [1.807, 2.05) is 37.7 Å². The SMILES string of the molecule is CNc1ncc(-c2nc3ccc(OCCSC)cn3n2)c2cc(C3(C(N)=O)CC3)ncc12. The molecule has 4 aromatic heterocycles. The predicted octanol–water partition coefficient (Wildman–Crippen LogP) is 2.64. The summed E-state index contributed by atoms with van der Waals surface area (Å²) in [5.74, 6) is 2.54. The smallest absolute Gasteiger partial charge is 0.229 e. The van der Waals surface area contributed by atoms with Crippen molar-refractivity contribution in [2.75, 3.05) is 31.0 Å². The van der Waals surface area contributed by atoms with Gasteiger partial charge >= 0.3 is 0 Å². The molecular weight excluding hydrogens is 426 g/mol. The van der Waals surface area contributed by atoms with E-state index in [1.54, 1.807) is 28.7 Å². The van der Waals surface area contributed by atoms with Gasteiger partial charge in [0.15, 0.2) is 11.5 Å². The van der Waals surface area contributed by atoms with Crippen LogP contribution in [0.3, 0.4) is 0 Å². The van der Waals surface area contributed by atoms with Gasteiger partial charge in [-0.15, -0.1) is 5.10 Å². The van der Waals surface area contributed by atoms with Gasteiger partial charge in [0.1, 0.15) is 11.6 Å². The lowest BCUT2D eigenvalue weighted by Crippen LogP contribution is -2.29. The van der Waals surface area contributed by atoms with Crippen LogP contribution < -0.4 is 15.8 Å². The molecule has 4 heterocycles. The Morgan fingerprint density at radius 3 is 2.84 bits per heavy atom. The zero-order valence-electron chi connectivity index (χ0n) is 17.8. The maximum Gasteiger partial charge on any atom is 0.229 e. The van der Waals surface area contributed by atoms with Gasteiger partial charge in [0.25, 0.3) is 0 Å². The molecule has 0 aliphatic heterocycles. The predicted molar refractivity (Wildman–Crippen MR) is 125 cm³/mol. The summed E-state index contributed by atoms with van der Waals surface area (Å²) in [6.45, 7) is 0.631. The van der Waals surface area contributed by atoms with E-state index < -0.39 is 5.41 Å². The number of nitrogens with zero attached hydrogens (tertiary/aromatic N) is 5. The Bertz CT molecular complexity index is 1330. The summed E-state index contributed by atoms with van der Waals surface area (Å²) in [6, 6.07) is 5.69. The van der Waals surface area contributed by atoms with Crippen LogP contribution in [-0.2, 0) is 10.2 Å². The van der Waals surface area contributed by atoms with E-state index in [9.17, 15) is 4.79 Å². The van der Waals surface area contributed by atoms with E-state index in [4.69, 9.17) is 10.5 Å². The summed E-state index contributed by atoms with van der Waals surface area (Å²) in [4.78, 5) is 25.8. The normalized spacial score (nSPS) is 14.6. The highest BCUT2D eigenvalue weighted by Crippen LogP contribution is 2.48. The third kappa shape index (κ3) is 3.40. The van der Waals surface area contributed by atoms with Crippen LogP contribution in [0.25, 0.3) is 27.8 Å². The molecule has 3 N–H and O–H groups in total. The first-order chi connectivity index (χ1) is 15.6. The summed E-state index contributed by atoms with van der Waals surface area (Å²) in [5.41, 5.74) is 7.14. The van der Waals surface area contributed by atoms with Crippen molar-refractivity contribution in [2.24, 2.45) is 5.73 Å². The van der Waals surface area contributed by atoms with Crippen LogP contribution in [0.5, 0.6) is 5.75 Å². The summed E-state index contributed by atoms with van der Waals surface area (Å²) < 4.78 is 7.47. The number of hydrogen-bond donors (Lipinski definition) is 2. The molecule has 9 nitrogen and oxygen atoms in total. The molecule has 5 rings (SSSR count). The van der Waals surface area contributed by atoms with Gasteiger partial charge in [-0.1, -0.05) is 0 Å². The Kier molecular flexibility index (Phi) is 5.09. The van der Waals surface area contributed by atoms with E-state index in [2.05, 4.69) is 25.4 Å². The molecule has 0 bridgehead atoms. The fraction of sp³-hybridized carbons (Fsp3) is 0.318. The molecule has 1 amide bonds. The fourth-order valence-electron chi connectivity index (χ4n) is 3.83. The number of fused-ring (bicyclic) bond motifs is 2. The third-order valence-corrected chi connectivity index (χ3v) is 6.40. The Morgan fingerprint density at radius 2 is 2.12 bits per heavy atom. The van der Waals surface area contributed by atoms with E-state index in [-0.39, 0.29) is 5.91 Å². The standard InChI is InChI=1S/C22H23N7O2S/c1-24-19-15-10-25-17(22(5-6-22)21(23)30)9-14(15)16(11-26-19)20-27-18-4-3-13(12-29(18)28-20)31-7-8-32-2/h3-4,9-12H,5-8H2,1-2H3,(H2,23,30)(H,24,26). The van der Waals surface area contributed by atoms with Crippen LogP contribution in [0.1, 0.15) is 18.5 Å². The van der Waals surface area contributed by atoms with Crippen LogP contribution in [0.4, 0.5) is 5.82 Å². The molecule has 32 heavy (non-hydrogen) atoms. The number of carbonyl (C=O) groups excluding carboxylic acids is 1. The second kappa shape index (κ2) is 7.94. The van der Waals surface area contributed by atoms with Gasteiger partial charge in [0.05, 0.1) is 23.9 Å². The van der Waals surface area contributed by atoms with E-state index >= 15 is 0 Å². The largest absolute Gasteiger partial charge is 0.491 e. The number of thioether (sulfide) groups is 1. The van der Waals surface area contributed by atoms with Crippen LogP contribution in [0.2, 0.25) is 0 Å². The summed E-state index contributed by atoms with van der Waals surface area (Å²) in [7, 11) is 1.81. The van der Waals surface area contributed by atoms with Crippen LogP contribution in [0, 0.1) is 0 Å². The molecule has 0 aromatic carbocycles. The molecule has 0 atom stereocenters. The molecule has 0 unspecified atom stereocenters. The minimum absolute atomic E-state index is 0.339. The first-order valence-corrected chi connectivity index (χ1v) is 11.7. The monoisotopic (exact) mass is 449 g/mol. The van der Waals surface area contributed by atoms with Crippen molar-refractivity contribution in [2.45, 2.75) is 18.3 Å². The van der Waals surface area contributed by atoms with Crippen LogP contribution in [0.15, 0.2) is 36.8 Å². The average Bonchev–Trinajstić information content (AvgIpc) is 3.52. The maximum atomic E-state index is 12.1. The number of anilines is 1. The lowest BCUT2D eigenvalue weighted by Gasteiger charge is -2.13. The topological polar surface area (TPSA) is 120 Å². The second-order valence-corrected chi connectivity index (χ2v) is 8.76. The number of nitrogens with one attached hydrogen (secondary N) is 1. The Balaban J connectivity index is 1.61. The van der Waals surface area contributed by atoms with Crippen LogP contribution in [-0.4, -0.2) is 56.1 Å². The highest BCUT2D eigenvalue weighted by molar-refractivity contribution is 7.98. The van der Waals surface area contributed by atoms with E-state index in [0.29, 0.717) is 42.4 Å². The van der Waals surface area contributed by atoms with Gasteiger partial charge < -0.3 is 15.8 Å². The minimum Gasteiger partial charge on any atom is -0.491 e. The first kappa shape index (κ1) is 20.5. The van der Waals surface area contributed by atoms with Crippen molar-refractivity contribution in [3.63, 3.8) is 0 Å². The fourth-order valence-corrected chi connectivity index (χ4v) is 4.08. The molecule has 1 saturated carbocycles. The highest BCUT2D eigenvalue weighted by Gasteiger charge is 2.51. The number of amides is 1. The van der Waals surface area contributed by atoms with Gasteiger partial charge in [-0.2, -0.15) is 11.8 Å². The minimum atomic E-state index is -0.677. The zero-order valence-corrected chi connectivity index (χ0v) is 18.6. The molecule has 10 heteroatoms. The number of carbonyl (C=O) groups is 1. The molecule has 0 saturated heterocycles. The van der Waals surface area contributed by atoms with Gasteiger partial charge in [-0.3, -0.25) is 9.78 Å². The first-order valence-electron chi connectivity index (χ1n) is 10.3. The summed E-state index contributed by atoms with van der Waals surface area (Å²) >= 11 is 1.73. The maximum absolute atomic E-state index is 12.1. The van der Waals surface area contributed by atoms with Crippen molar-refractivity contribution < 1.29 is 9.53 Å². The molecule has 164 valence electrons. The van der Waals surface area contributed by atoms with Crippen molar-refractivity contribution >= 4 is 39.9 Å². The van der Waals surface area contributed by atoms with Crippen molar-refractivity contribution in [1.82, 2.24) is 24.6 Å². The van der Waals surface area contributed by atoms with Crippen LogP contribution >= 0.6 is 11.8 Å². The molecule has 0 spiro atoms. The van der Waals surface area contributed by atoms with Gasteiger partial charge in [0, 0.05) is 41.5 Å². The Labute approximate surface area is 188 Å². The lowest BCUT2D eigenvalue weighted by atomic mass is 9.97. The number of nitrogens with two attached hydrogens (primary N) is 1. The van der Waals surface area contributed by atoms with Gasteiger partial charge in [0.2, 0.25) is 5.91 Å². The number of pyridine rings is 3. The molecule has 0 radical (unpaired) electrons. The average molecular weight is 450 g/mol. The quantitative estimate of drug-likeness (QED) is 0.394. The molecule has 1 fully saturated rings. The van der Waals surface area contributed by atoms with E-state index in [1.165, 1.54) is 0 Å². The lowest BCUT2D eigenvalue weighted by molar-refractivity contribution is -0.120. The van der Waals surface area contributed by atoms with E-state index in [0.717, 1.165) is 27.8 Å². The number of aromatic nitrogens is 5. The molecular formula is C22H23N7O2S. The van der Waals surface area contributed by atoms with Crippen molar-refractivity contribution in [3.05, 3.63) is 42.5 Å². The van der Waals surface area contributed by atoms with Gasteiger partial charge in [-0.25, -0.2) is 14.5 Å². The number of rotatable bonds is 8. The number of hydrogen-bond acceptors (Lipinski definition) is 8. The Morgan fingerprint density at radius 1 is 1.28 bits per heavy atom. The summed E-state index contributed by atoms with van der Waals surface area (Å²) in [5, 5.41) is 9.46. The van der Waals surface area contributed by atoms with Gasteiger partial charge in [-0.05, 0) is 37.3 Å². The molecule has 1 aliphatic carbocycles. The molecule has 4 aromatic rings. The second-order valence-electron chi connectivity index (χ2n) is 7.78. The number of ether oxygens (including phenoxy) is 1. The summed E-state index contributed by atoms with van der Waals surface area (Å²) in [6.07, 6.45) is 8.78. The number of primary amides is 1. The highest BCUT2D eigenvalue weighted by atomic mass is 32.2. The third-order valence-electron chi connectivity index (χ3n) is 5.82. The van der Waals surface area contributed by atoms with Crippen molar-refractivity contribution in [1.29, 1.82) is 0 Å². The van der Waals surface area contributed by atoms with Crippen molar-refractivity contribution in [3.8, 4) is 17.1 Å². The molecule has 1 aliphatic rings. The zero-order chi connectivity index (χ0) is 22.3. The Hall–Kier alpha value is -3.40.